The molecule has 0 unspecified atom stereocenters. The maximum absolute atomic E-state index is 11.7. The summed E-state index contributed by atoms with van der Waals surface area (Å²) >= 11 is 2.09. The number of hydrogen-bond acceptors (Lipinski definition) is 2. The first kappa shape index (κ1) is 13.3. The van der Waals surface area contributed by atoms with Crippen LogP contribution in [0.15, 0.2) is 41.3 Å². The molecule has 0 saturated heterocycles. The number of rotatable bonds is 3. The van der Waals surface area contributed by atoms with Gasteiger partial charge < -0.3 is 0 Å². The molecule has 1 heterocycles. The second-order valence-corrected chi connectivity index (χ2v) is 5.81. The molecule has 3 nitrogen and oxygen atoms in total. The van der Waals surface area contributed by atoms with E-state index in [4.69, 9.17) is 0 Å². The average Bonchev–Trinajstić information content (AvgIpc) is 2.33. The number of hydrogen-bond donors (Lipinski definition) is 0. The molecule has 0 fully saturated rings. The third-order valence-corrected chi connectivity index (χ3v) is 3.40. The Bertz CT molecular complexity index is 587. The summed E-state index contributed by atoms with van der Waals surface area (Å²) in [4.78, 5) is 11.7. The Labute approximate surface area is 120 Å². The molecule has 94 valence electrons. The van der Waals surface area contributed by atoms with E-state index in [9.17, 15) is 4.79 Å². The quantitative estimate of drug-likeness (QED) is 0.795. The molecule has 0 aliphatic rings. The minimum atomic E-state index is -0.0603. The zero-order chi connectivity index (χ0) is 13.1. The molecule has 0 radical (unpaired) electrons. The van der Waals surface area contributed by atoms with E-state index < -0.39 is 0 Å². The van der Waals surface area contributed by atoms with Gasteiger partial charge in [-0.1, -0.05) is 38.1 Å². The van der Waals surface area contributed by atoms with Gasteiger partial charge in [0.2, 0.25) is 0 Å². The van der Waals surface area contributed by atoms with Gasteiger partial charge in [0.15, 0.2) is 0 Å². The molecule has 0 N–H and O–H groups in total. The lowest BCUT2D eigenvalue weighted by molar-refractivity contribution is 0.636. The molecule has 2 rings (SSSR count). The number of nitrogens with zero attached hydrogens (tertiary/aromatic N) is 2. The minimum Gasteiger partial charge on any atom is -0.268 e. The molecule has 1 aromatic heterocycles. The monoisotopic (exact) mass is 354 g/mol. The Morgan fingerprint density at radius 3 is 2.50 bits per heavy atom. The molecular weight excluding hydrogens is 339 g/mol. The van der Waals surface area contributed by atoms with Crippen molar-refractivity contribution in [1.82, 2.24) is 9.78 Å². The normalized spacial score (nSPS) is 10.9. The summed E-state index contributed by atoms with van der Waals surface area (Å²) in [5, 5.41) is 4.13. The van der Waals surface area contributed by atoms with Crippen LogP contribution in [0.4, 0.5) is 0 Å². The predicted molar refractivity (Wildman–Crippen MR) is 80.8 cm³/mol. The molecule has 18 heavy (non-hydrogen) atoms. The molecule has 0 aliphatic carbocycles. The standard InChI is InChI=1S/C14H15IN2O/c1-10(2)12-5-3-11(4-6-12)9-17-14(18)7-13(15)8-16-17/h3-8,10H,9H2,1-2H3. The van der Waals surface area contributed by atoms with Gasteiger partial charge in [-0.05, 0) is 39.6 Å². The van der Waals surface area contributed by atoms with Crippen LogP contribution >= 0.6 is 22.6 Å². The summed E-state index contributed by atoms with van der Waals surface area (Å²) in [5.74, 6) is 0.526. The first-order valence-electron chi connectivity index (χ1n) is 5.88. The highest BCUT2D eigenvalue weighted by atomic mass is 127. The van der Waals surface area contributed by atoms with Gasteiger partial charge >= 0.3 is 0 Å². The van der Waals surface area contributed by atoms with Crippen LogP contribution in [0.1, 0.15) is 30.9 Å². The molecule has 1 aromatic carbocycles. The van der Waals surface area contributed by atoms with Crippen LogP contribution < -0.4 is 5.56 Å². The van der Waals surface area contributed by atoms with Crippen molar-refractivity contribution in [2.45, 2.75) is 26.3 Å². The number of halogens is 1. The summed E-state index contributed by atoms with van der Waals surface area (Å²) in [6, 6.07) is 9.92. The summed E-state index contributed by atoms with van der Waals surface area (Å²) in [7, 11) is 0. The summed E-state index contributed by atoms with van der Waals surface area (Å²) in [5.41, 5.74) is 2.34. The zero-order valence-electron chi connectivity index (χ0n) is 10.4. The molecular formula is C14H15IN2O. The molecule has 0 aliphatic heterocycles. The van der Waals surface area contributed by atoms with Crippen LogP contribution in [0.25, 0.3) is 0 Å². The maximum Gasteiger partial charge on any atom is 0.268 e. The smallest absolute Gasteiger partial charge is 0.268 e. The highest BCUT2D eigenvalue weighted by Gasteiger charge is 2.02. The average molecular weight is 354 g/mol. The Hall–Kier alpha value is -1.17. The van der Waals surface area contributed by atoms with Gasteiger partial charge in [0.25, 0.3) is 5.56 Å². The summed E-state index contributed by atoms with van der Waals surface area (Å²) < 4.78 is 2.34. The zero-order valence-corrected chi connectivity index (χ0v) is 12.6. The molecule has 0 atom stereocenters. The van der Waals surface area contributed by atoms with Crippen LogP contribution in [0.5, 0.6) is 0 Å². The highest BCUT2D eigenvalue weighted by molar-refractivity contribution is 14.1. The van der Waals surface area contributed by atoms with Gasteiger partial charge in [0, 0.05) is 9.64 Å². The molecule has 4 heteroatoms. The van der Waals surface area contributed by atoms with Gasteiger partial charge in [0.05, 0.1) is 12.7 Å². The lowest BCUT2D eigenvalue weighted by Gasteiger charge is -2.08. The minimum absolute atomic E-state index is 0.0603. The van der Waals surface area contributed by atoms with Crippen molar-refractivity contribution >= 4 is 22.6 Å². The van der Waals surface area contributed by atoms with Crippen molar-refractivity contribution in [3.8, 4) is 0 Å². The van der Waals surface area contributed by atoms with Crippen LogP contribution in [0, 0.1) is 3.57 Å². The van der Waals surface area contributed by atoms with Crippen molar-refractivity contribution in [1.29, 1.82) is 0 Å². The Morgan fingerprint density at radius 2 is 1.94 bits per heavy atom. The third-order valence-electron chi connectivity index (χ3n) is 2.81. The summed E-state index contributed by atoms with van der Waals surface area (Å²) in [6.07, 6.45) is 1.70. The first-order chi connectivity index (χ1) is 8.56. The number of benzene rings is 1. The number of aromatic nitrogens is 2. The second-order valence-electron chi connectivity index (χ2n) is 4.57. The van der Waals surface area contributed by atoms with E-state index in [2.05, 4.69) is 65.8 Å². The fourth-order valence-corrected chi connectivity index (χ4v) is 2.10. The lowest BCUT2D eigenvalue weighted by Crippen LogP contribution is -2.22. The lowest BCUT2D eigenvalue weighted by atomic mass is 10.0. The molecule has 0 spiro atoms. The van der Waals surface area contributed by atoms with Crippen molar-refractivity contribution in [3.05, 3.63) is 61.6 Å². The van der Waals surface area contributed by atoms with E-state index in [-0.39, 0.29) is 5.56 Å². The van der Waals surface area contributed by atoms with Crippen molar-refractivity contribution in [2.24, 2.45) is 0 Å². The molecule has 2 aromatic rings. The van der Waals surface area contributed by atoms with Gasteiger partial charge in [-0.25, -0.2) is 4.68 Å². The topological polar surface area (TPSA) is 34.9 Å². The first-order valence-corrected chi connectivity index (χ1v) is 6.95. The van der Waals surface area contributed by atoms with Gasteiger partial charge in [-0.3, -0.25) is 4.79 Å². The van der Waals surface area contributed by atoms with Crippen molar-refractivity contribution in [2.75, 3.05) is 0 Å². The highest BCUT2D eigenvalue weighted by Crippen LogP contribution is 2.14. The van der Waals surface area contributed by atoms with E-state index in [0.717, 1.165) is 9.13 Å². The predicted octanol–water partition coefficient (Wildman–Crippen LogP) is 3.02. The van der Waals surface area contributed by atoms with E-state index >= 15 is 0 Å². The largest absolute Gasteiger partial charge is 0.268 e. The molecule has 0 saturated carbocycles. The fourth-order valence-electron chi connectivity index (χ4n) is 1.71. The maximum atomic E-state index is 11.7. The molecule has 0 amide bonds. The van der Waals surface area contributed by atoms with Crippen molar-refractivity contribution < 1.29 is 0 Å². The third kappa shape index (κ3) is 3.19. The van der Waals surface area contributed by atoms with Crippen LogP contribution in [-0.2, 0) is 6.54 Å². The van der Waals surface area contributed by atoms with Crippen molar-refractivity contribution in [3.63, 3.8) is 0 Å². The Balaban J connectivity index is 2.21. The van der Waals surface area contributed by atoms with E-state index in [1.165, 1.54) is 10.2 Å². The van der Waals surface area contributed by atoms with Gasteiger partial charge in [-0.15, -0.1) is 0 Å². The molecule has 0 bridgehead atoms. The Morgan fingerprint density at radius 1 is 1.28 bits per heavy atom. The SMILES string of the molecule is CC(C)c1ccc(Cn2ncc(I)cc2=O)cc1. The van der Waals surface area contributed by atoms with E-state index in [0.29, 0.717) is 12.5 Å². The van der Waals surface area contributed by atoms with Crippen LogP contribution in [0.2, 0.25) is 0 Å². The Kier molecular flexibility index (Phi) is 4.16. The van der Waals surface area contributed by atoms with Crippen LogP contribution in [-0.4, -0.2) is 9.78 Å². The van der Waals surface area contributed by atoms with E-state index in [1.807, 2.05) is 0 Å². The summed E-state index contributed by atoms with van der Waals surface area (Å²) in [6.45, 7) is 4.86. The fraction of sp³-hybridized carbons (Fsp3) is 0.286. The van der Waals surface area contributed by atoms with E-state index in [1.54, 1.807) is 12.3 Å². The van der Waals surface area contributed by atoms with Gasteiger partial charge in [0.1, 0.15) is 0 Å². The second kappa shape index (κ2) is 5.65. The van der Waals surface area contributed by atoms with Crippen LogP contribution in [0.3, 0.4) is 0 Å². The van der Waals surface area contributed by atoms with Gasteiger partial charge in [-0.2, -0.15) is 5.10 Å².